The Morgan fingerprint density at radius 1 is 1.21 bits per heavy atom. The molecule has 2 heterocycles. The first kappa shape index (κ1) is 19.5. The first-order valence-electron chi connectivity index (χ1n) is 10.4. The highest BCUT2D eigenvalue weighted by atomic mass is 16.4. The van der Waals surface area contributed by atoms with Crippen molar-refractivity contribution >= 4 is 23.4 Å². The van der Waals surface area contributed by atoms with Gasteiger partial charge in [-0.15, -0.1) is 0 Å². The van der Waals surface area contributed by atoms with Gasteiger partial charge in [0.05, 0.1) is 29.7 Å². The number of anilines is 2. The van der Waals surface area contributed by atoms with Crippen molar-refractivity contribution in [2.45, 2.75) is 58.5 Å². The zero-order chi connectivity index (χ0) is 20.7. The lowest BCUT2D eigenvalue weighted by Gasteiger charge is -2.40. The Balaban J connectivity index is 1.72. The Labute approximate surface area is 170 Å². The Hall–Kier alpha value is -2.83. The molecule has 1 aliphatic heterocycles. The van der Waals surface area contributed by atoms with Crippen LogP contribution < -0.4 is 9.80 Å². The van der Waals surface area contributed by atoms with Crippen molar-refractivity contribution in [3.8, 4) is 11.1 Å². The van der Waals surface area contributed by atoms with Crippen molar-refractivity contribution in [1.29, 1.82) is 0 Å². The average Bonchev–Trinajstić information content (AvgIpc) is 3.07. The number of rotatable bonds is 4. The van der Waals surface area contributed by atoms with E-state index in [4.69, 9.17) is 0 Å². The molecule has 1 aromatic heterocycles. The van der Waals surface area contributed by atoms with Gasteiger partial charge in [-0.2, -0.15) is 5.10 Å². The molecule has 1 N–H and O–H groups in total. The SMILES string of the molecule is CC(C)CC(=O)N1c2ccc(-c3cnn(C4CCC4)c3)cc2N(C(=O)O)C[C@@H]1C. The summed E-state index contributed by atoms with van der Waals surface area (Å²) in [6.45, 7) is 6.18. The van der Waals surface area contributed by atoms with E-state index in [0.717, 1.165) is 24.0 Å². The van der Waals surface area contributed by atoms with E-state index in [2.05, 4.69) is 5.10 Å². The van der Waals surface area contributed by atoms with Crippen molar-refractivity contribution in [3.05, 3.63) is 30.6 Å². The third-order valence-electron chi connectivity index (χ3n) is 5.88. The van der Waals surface area contributed by atoms with Crippen molar-refractivity contribution in [1.82, 2.24) is 9.78 Å². The van der Waals surface area contributed by atoms with Gasteiger partial charge in [-0.05, 0) is 49.8 Å². The minimum absolute atomic E-state index is 0.0318. The van der Waals surface area contributed by atoms with Crippen molar-refractivity contribution in [2.24, 2.45) is 5.92 Å². The molecule has 1 saturated carbocycles. The van der Waals surface area contributed by atoms with Gasteiger partial charge in [0.2, 0.25) is 5.91 Å². The summed E-state index contributed by atoms with van der Waals surface area (Å²) in [4.78, 5) is 27.9. The minimum Gasteiger partial charge on any atom is -0.465 e. The van der Waals surface area contributed by atoms with Crippen molar-refractivity contribution in [2.75, 3.05) is 16.3 Å². The van der Waals surface area contributed by atoms with Crippen LogP contribution in [0.3, 0.4) is 0 Å². The number of carbonyl (C=O) groups excluding carboxylic acids is 1. The van der Waals surface area contributed by atoms with Crippen LogP contribution in [0.25, 0.3) is 11.1 Å². The van der Waals surface area contributed by atoms with E-state index in [9.17, 15) is 14.7 Å². The lowest BCUT2D eigenvalue weighted by atomic mass is 9.93. The molecule has 0 radical (unpaired) electrons. The maximum atomic E-state index is 12.9. The minimum atomic E-state index is -1.00. The molecule has 29 heavy (non-hydrogen) atoms. The first-order valence-corrected chi connectivity index (χ1v) is 10.4. The smallest absolute Gasteiger partial charge is 0.411 e. The van der Waals surface area contributed by atoms with Gasteiger partial charge in [0.1, 0.15) is 0 Å². The summed E-state index contributed by atoms with van der Waals surface area (Å²) in [5, 5.41) is 14.2. The predicted octanol–water partition coefficient (Wildman–Crippen LogP) is 4.54. The molecule has 2 aliphatic rings. The lowest BCUT2D eigenvalue weighted by Crippen LogP contribution is -2.51. The highest BCUT2D eigenvalue weighted by Gasteiger charge is 2.35. The van der Waals surface area contributed by atoms with Crippen LogP contribution in [0.2, 0.25) is 0 Å². The third-order valence-corrected chi connectivity index (χ3v) is 5.88. The molecule has 0 spiro atoms. The molecule has 1 aromatic carbocycles. The van der Waals surface area contributed by atoms with Gasteiger partial charge in [0.25, 0.3) is 0 Å². The number of benzene rings is 1. The molecule has 1 aliphatic carbocycles. The van der Waals surface area contributed by atoms with Crippen molar-refractivity contribution < 1.29 is 14.7 Å². The van der Waals surface area contributed by atoms with E-state index in [-0.39, 0.29) is 24.4 Å². The van der Waals surface area contributed by atoms with E-state index in [1.165, 1.54) is 11.3 Å². The van der Waals surface area contributed by atoms with Crippen LogP contribution in [0.4, 0.5) is 16.2 Å². The van der Waals surface area contributed by atoms with Crippen LogP contribution in [0.1, 0.15) is 52.5 Å². The Morgan fingerprint density at radius 2 is 1.97 bits per heavy atom. The van der Waals surface area contributed by atoms with E-state index >= 15 is 0 Å². The predicted molar refractivity (Wildman–Crippen MR) is 112 cm³/mol. The second kappa shape index (κ2) is 7.54. The van der Waals surface area contributed by atoms with Gasteiger partial charge in [0.15, 0.2) is 0 Å². The number of carboxylic acid groups (broad SMARTS) is 1. The van der Waals surface area contributed by atoms with E-state index in [1.54, 1.807) is 4.90 Å². The van der Waals surface area contributed by atoms with Crippen LogP contribution in [-0.4, -0.2) is 39.5 Å². The van der Waals surface area contributed by atoms with Gasteiger partial charge in [0, 0.05) is 24.7 Å². The fourth-order valence-electron chi connectivity index (χ4n) is 4.15. The molecule has 0 saturated heterocycles. The van der Waals surface area contributed by atoms with Crippen molar-refractivity contribution in [3.63, 3.8) is 0 Å². The van der Waals surface area contributed by atoms with Crippen LogP contribution in [0, 0.1) is 5.92 Å². The quantitative estimate of drug-likeness (QED) is 0.823. The molecule has 1 atom stereocenters. The molecule has 0 unspecified atom stereocenters. The molecule has 7 nitrogen and oxygen atoms in total. The molecule has 4 rings (SSSR count). The molecular weight excluding hydrogens is 368 g/mol. The van der Waals surface area contributed by atoms with E-state index < -0.39 is 6.09 Å². The fourth-order valence-corrected chi connectivity index (χ4v) is 4.15. The largest absolute Gasteiger partial charge is 0.465 e. The van der Waals surface area contributed by atoms with Crippen LogP contribution in [-0.2, 0) is 4.79 Å². The molecule has 154 valence electrons. The lowest BCUT2D eigenvalue weighted by molar-refractivity contribution is -0.119. The van der Waals surface area contributed by atoms with Crippen LogP contribution >= 0.6 is 0 Å². The molecular formula is C22H28N4O3. The molecule has 2 amide bonds. The second-order valence-electron chi connectivity index (χ2n) is 8.60. The zero-order valence-electron chi connectivity index (χ0n) is 17.2. The number of hydrogen-bond donors (Lipinski definition) is 1. The average molecular weight is 396 g/mol. The van der Waals surface area contributed by atoms with Gasteiger partial charge in [-0.3, -0.25) is 14.4 Å². The molecule has 0 bridgehead atoms. The summed E-state index contributed by atoms with van der Waals surface area (Å²) in [5.41, 5.74) is 3.09. The number of carbonyl (C=O) groups is 2. The topological polar surface area (TPSA) is 78.7 Å². The van der Waals surface area contributed by atoms with Crippen LogP contribution in [0.5, 0.6) is 0 Å². The Morgan fingerprint density at radius 3 is 2.59 bits per heavy atom. The van der Waals surface area contributed by atoms with Crippen LogP contribution in [0.15, 0.2) is 30.6 Å². The van der Waals surface area contributed by atoms with Gasteiger partial charge in [-0.1, -0.05) is 19.9 Å². The van der Waals surface area contributed by atoms with Gasteiger partial charge < -0.3 is 10.0 Å². The number of amides is 2. The monoisotopic (exact) mass is 396 g/mol. The molecule has 7 heteroatoms. The van der Waals surface area contributed by atoms with E-state index in [1.807, 2.05) is 56.0 Å². The van der Waals surface area contributed by atoms with Gasteiger partial charge >= 0.3 is 6.09 Å². The summed E-state index contributed by atoms with van der Waals surface area (Å²) in [5.74, 6) is 0.275. The highest BCUT2D eigenvalue weighted by Crippen LogP contribution is 2.40. The summed E-state index contributed by atoms with van der Waals surface area (Å²) in [7, 11) is 0. The van der Waals surface area contributed by atoms with Gasteiger partial charge in [-0.25, -0.2) is 4.79 Å². The fraction of sp³-hybridized carbons (Fsp3) is 0.500. The summed E-state index contributed by atoms with van der Waals surface area (Å²) in [6, 6.07) is 5.95. The summed E-state index contributed by atoms with van der Waals surface area (Å²) < 4.78 is 2.01. The standard InChI is InChI=1S/C22H28N4O3/c1-14(2)9-21(27)26-15(3)12-24(22(28)29)20-10-16(7-8-19(20)26)17-11-23-25(13-17)18-5-4-6-18/h7-8,10-11,13-15,18H,4-6,9,12H2,1-3H3,(H,28,29)/t15-/m0/s1. The Bertz CT molecular complexity index is 932. The number of fused-ring (bicyclic) bond motifs is 1. The molecule has 1 fully saturated rings. The normalized spacial score (nSPS) is 19.2. The number of hydrogen-bond acceptors (Lipinski definition) is 3. The summed E-state index contributed by atoms with van der Waals surface area (Å²) >= 11 is 0. The maximum absolute atomic E-state index is 12.9. The Kier molecular flexibility index (Phi) is 5.06. The maximum Gasteiger partial charge on any atom is 0.411 e. The number of nitrogens with zero attached hydrogens (tertiary/aromatic N) is 4. The summed E-state index contributed by atoms with van der Waals surface area (Å²) in [6.07, 6.45) is 6.85. The number of aromatic nitrogens is 2. The second-order valence-corrected chi connectivity index (χ2v) is 8.60. The first-order chi connectivity index (χ1) is 13.8. The highest BCUT2D eigenvalue weighted by molar-refractivity contribution is 6.03. The molecule has 2 aromatic rings. The van der Waals surface area contributed by atoms with E-state index in [0.29, 0.717) is 23.8 Å². The third kappa shape index (κ3) is 3.61. The zero-order valence-corrected chi connectivity index (χ0v) is 17.2.